The monoisotopic (exact) mass is 276 g/mol. The summed E-state index contributed by atoms with van der Waals surface area (Å²) < 4.78 is 5.64. The van der Waals surface area contributed by atoms with Crippen LogP contribution in [0.1, 0.15) is 25.6 Å². The van der Waals surface area contributed by atoms with Crippen LogP contribution >= 0.6 is 11.3 Å². The Labute approximate surface area is 118 Å². The zero-order chi connectivity index (χ0) is 13.7. The second-order valence-corrected chi connectivity index (χ2v) is 5.72. The fourth-order valence-electron chi connectivity index (χ4n) is 1.72. The molecule has 0 aliphatic carbocycles. The average molecular weight is 276 g/mol. The summed E-state index contributed by atoms with van der Waals surface area (Å²) >= 11 is 1.73. The van der Waals surface area contributed by atoms with E-state index in [1.165, 1.54) is 4.88 Å². The molecule has 0 fully saturated rings. The highest BCUT2D eigenvalue weighted by atomic mass is 32.1. The zero-order valence-corrected chi connectivity index (χ0v) is 12.5. The van der Waals surface area contributed by atoms with Crippen LogP contribution in [0.2, 0.25) is 0 Å². The van der Waals surface area contributed by atoms with Gasteiger partial charge in [0.05, 0.1) is 6.10 Å². The lowest BCUT2D eigenvalue weighted by atomic mass is 10.2. The van der Waals surface area contributed by atoms with Crippen molar-refractivity contribution in [3.63, 3.8) is 0 Å². The molecule has 0 bridgehead atoms. The molecule has 3 nitrogen and oxygen atoms in total. The van der Waals surface area contributed by atoms with E-state index < -0.39 is 0 Å². The number of benzene rings is 1. The molecule has 0 spiro atoms. The number of nitrogens with zero attached hydrogens (tertiary/aromatic N) is 1. The van der Waals surface area contributed by atoms with Crippen LogP contribution in [0, 0.1) is 0 Å². The smallest absolute Gasteiger partial charge is 0.123 e. The first-order valence-corrected chi connectivity index (χ1v) is 7.43. The lowest BCUT2D eigenvalue weighted by Crippen LogP contribution is -2.10. The molecular formula is C15H20N2OS. The number of hydrogen-bond donors (Lipinski definition) is 1. The maximum atomic E-state index is 5.64. The van der Waals surface area contributed by atoms with Crippen molar-refractivity contribution in [3.05, 3.63) is 35.3 Å². The number of hydrogen-bond acceptors (Lipinski definition) is 4. The minimum atomic E-state index is 0.206. The Morgan fingerprint density at radius 1 is 1.26 bits per heavy atom. The maximum absolute atomic E-state index is 5.64. The summed E-state index contributed by atoms with van der Waals surface area (Å²) in [6.07, 6.45) is 2.15. The van der Waals surface area contributed by atoms with E-state index in [1.807, 2.05) is 32.2 Å². The summed E-state index contributed by atoms with van der Waals surface area (Å²) in [5, 5.41) is 4.37. The van der Waals surface area contributed by atoms with Gasteiger partial charge in [-0.15, -0.1) is 11.3 Å². The number of thiazole rings is 1. The van der Waals surface area contributed by atoms with Crippen molar-refractivity contribution in [3.8, 4) is 16.3 Å². The van der Waals surface area contributed by atoms with Crippen LogP contribution in [0.15, 0.2) is 30.5 Å². The molecule has 0 radical (unpaired) electrons. The molecule has 0 saturated carbocycles. The van der Waals surface area contributed by atoms with E-state index in [4.69, 9.17) is 4.74 Å². The van der Waals surface area contributed by atoms with Crippen LogP contribution in [-0.4, -0.2) is 17.6 Å². The first kappa shape index (κ1) is 14.0. The highest BCUT2D eigenvalue weighted by molar-refractivity contribution is 7.15. The normalized spacial score (nSPS) is 10.9. The molecular weight excluding hydrogens is 256 g/mol. The molecule has 2 rings (SSSR count). The van der Waals surface area contributed by atoms with E-state index in [0.29, 0.717) is 0 Å². The minimum Gasteiger partial charge on any atom is -0.491 e. The SMILES string of the molecule is CCNCc1cnc(-c2ccc(OC(C)C)cc2)s1. The highest BCUT2D eigenvalue weighted by Gasteiger charge is 2.05. The summed E-state index contributed by atoms with van der Waals surface area (Å²) in [5.74, 6) is 0.906. The lowest BCUT2D eigenvalue weighted by Gasteiger charge is -2.09. The van der Waals surface area contributed by atoms with Crippen LogP contribution < -0.4 is 10.1 Å². The van der Waals surface area contributed by atoms with Crippen LogP contribution in [0.25, 0.3) is 10.6 Å². The fraction of sp³-hybridized carbons (Fsp3) is 0.400. The molecule has 1 aromatic heterocycles. The van der Waals surface area contributed by atoms with Gasteiger partial charge in [-0.3, -0.25) is 0 Å². The van der Waals surface area contributed by atoms with Gasteiger partial charge in [0.25, 0.3) is 0 Å². The van der Waals surface area contributed by atoms with Gasteiger partial charge in [0, 0.05) is 23.2 Å². The van der Waals surface area contributed by atoms with Crippen molar-refractivity contribution >= 4 is 11.3 Å². The van der Waals surface area contributed by atoms with E-state index in [9.17, 15) is 0 Å². The molecule has 0 aliphatic rings. The van der Waals surface area contributed by atoms with Crippen molar-refractivity contribution in [1.29, 1.82) is 0 Å². The Hall–Kier alpha value is -1.39. The summed E-state index contributed by atoms with van der Waals surface area (Å²) in [7, 11) is 0. The van der Waals surface area contributed by atoms with Gasteiger partial charge in [-0.05, 0) is 44.7 Å². The van der Waals surface area contributed by atoms with Crippen molar-refractivity contribution in [2.45, 2.75) is 33.4 Å². The Morgan fingerprint density at radius 3 is 2.63 bits per heavy atom. The standard InChI is InChI=1S/C15H20N2OS/c1-4-16-9-14-10-17-15(19-14)12-5-7-13(8-6-12)18-11(2)3/h5-8,10-11,16H,4,9H2,1-3H3. The summed E-state index contributed by atoms with van der Waals surface area (Å²) in [6, 6.07) is 8.13. The minimum absolute atomic E-state index is 0.206. The molecule has 19 heavy (non-hydrogen) atoms. The van der Waals surface area contributed by atoms with Gasteiger partial charge in [0.1, 0.15) is 10.8 Å². The van der Waals surface area contributed by atoms with E-state index >= 15 is 0 Å². The van der Waals surface area contributed by atoms with Crippen molar-refractivity contribution in [2.24, 2.45) is 0 Å². The van der Waals surface area contributed by atoms with Crippen LogP contribution in [0.4, 0.5) is 0 Å². The fourth-order valence-corrected chi connectivity index (χ4v) is 2.61. The Kier molecular flexibility index (Phi) is 4.93. The number of nitrogens with one attached hydrogen (secondary N) is 1. The van der Waals surface area contributed by atoms with Gasteiger partial charge < -0.3 is 10.1 Å². The molecule has 0 amide bonds. The predicted molar refractivity (Wildman–Crippen MR) is 80.7 cm³/mol. The zero-order valence-electron chi connectivity index (χ0n) is 11.6. The Morgan fingerprint density at radius 2 is 2.00 bits per heavy atom. The van der Waals surface area contributed by atoms with Gasteiger partial charge in [0.2, 0.25) is 0 Å². The molecule has 1 aromatic carbocycles. The van der Waals surface area contributed by atoms with Crippen LogP contribution in [0.3, 0.4) is 0 Å². The number of aromatic nitrogens is 1. The third kappa shape index (κ3) is 4.04. The number of rotatable bonds is 6. The van der Waals surface area contributed by atoms with Crippen molar-refractivity contribution < 1.29 is 4.74 Å². The van der Waals surface area contributed by atoms with Gasteiger partial charge in [-0.1, -0.05) is 6.92 Å². The molecule has 0 aliphatic heterocycles. The molecule has 102 valence electrons. The van der Waals surface area contributed by atoms with Gasteiger partial charge in [-0.2, -0.15) is 0 Å². The molecule has 1 heterocycles. The van der Waals surface area contributed by atoms with Crippen LogP contribution in [-0.2, 0) is 6.54 Å². The molecule has 0 atom stereocenters. The van der Waals surface area contributed by atoms with Crippen molar-refractivity contribution in [1.82, 2.24) is 10.3 Å². The summed E-state index contributed by atoms with van der Waals surface area (Å²) in [5.41, 5.74) is 1.14. The molecule has 0 saturated heterocycles. The number of ether oxygens (including phenoxy) is 1. The van der Waals surface area contributed by atoms with Crippen LogP contribution in [0.5, 0.6) is 5.75 Å². The first-order chi connectivity index (χ1) is 9.19. The van der Waals surface area contributed by atoms with Crippen molar-refractivity contribution in [2.75, 3.05) is 6.54 Å². The third-order valence-electron chi connectivity index (χ3n) is 2.58. The molecule has 1 N–H and O–H groups in total. The highest BCUT2D eigenvalue weighted by Crippen LogP contribution is 2.27. The second kappa shape index (κ2) is 6.68. The van der Waals surface area contributed by atoms with Gasteiger partial charge in [0.15, 0.2) is 0 Å². The first-order valence-electron chi connectivity index (χ1n) is 6.61. The molecule has 0 unspecified atom stereocenters. The van der Waals surface area contributed by atoms with E-state index in [1.54, 1.807) is 11.3 Å². The molecule has 4 heteroatoms. The maximum Gasteiger partial charge on any atom is 0.123 e. The summed E-state index contributed by atoms with van der Waals surface area (Å²) in [4.78, 5) is 5.73. The second-order valence-electron chi connectivity index (χ2n) is 4.60. The predicted octanol–water partition coefficient (Wildman–Crippen LogP) is 3.71. The van der Waals surface area contributed by atoms with Gasteiger partial charge in [-0.25, -0.2) is 4.98 Å². The van der Waals surface area contributed by atoms with E-state index in [2.05, 4.69) is 29.4 Å². The summed E-state index contributed by atoms with van der Waals surface area (Å²) in [6.45, 7) is 8.04. The largest absolute Gasteiger partial charge is 0.491 e. The molecule has 2 aromatic rings. The van der Waals surface area contributed by atoms with Gasteiger partial charge >= 0.3 is 0 Å². The lowest BCUT2D eigenvalue weighted by molar-refractivity contribution is 0.242. The Bertz CT molecular complexity index is 505. The third-order valence-corrected chi connectivity index (χ3v) is 3.62. The van der Waals surface area contributed by atoms with E-state index in [-0.39, 0.29) is 6.10 Å². The topological polar surface area (TPSA) is 34.2 Å². The van der Waals surface area contributed by atoms with E-state index in [0.717, 1.165) is 29.4 Å². The Balaban J connectivity index is 2.07. The quantitative estimate of drug-likeness (QED) is 0.873. The average Bonchev–Trinajstić information content (AvgIpc) is 2.85.